The molecule has 6 rings (SSSR count). The minimum absolute atomic E-state index is 0.120. The van der Waals surface area contributed by atoms with Crippen molar-refractivity contribution in [2.75, 3.05) is 5.32 Å². The first-order valence-corrected chi connectivity index (χ1v) is 12.0. The van der Waals surface area contributed by atoms with E-state index in [0.29, 0.717) is 12.2 Å². The van der Waals surface area contributed by atoms with Crippen molar-refractivity contribution in [1.82, 2.24) is 23.9 Å². The monoisotopic (exact) mass is 480 g/mol. The number of anilines is 1. The van der Waals surface area contributed by atoms with E-state index in [1.165, 1.54) is 4.57 Å². The molecule has 180 valence electrons. The molecule has 1 aliphatic rings. The average molecular weight is 481 g/mol. The van der Waals surface area contributed by atoms with Gasteiger partial charge in [0.2, 0.25) is 0 Å². The normalized spacial score (nSPS) is 13.4. The lowest BCUT2D eigenvalue weighted by Crippen LogP contribution is -2.32. The van der Waals surface area contributed by atoms with Crippen molar-refractivity contribution in [3.8, 4) is 11.3 Å². The Kier molecular flexibility index (Phi) is 5.06. The average Bonchev–Trinajstić information content (AvgIpc) is 3.62. The fourth-order valence-electron chi connectivity index (χ4n) is 4.57. The number of carbonyl (C=O) groups is 1. The Hall–Kier alpha value is -4.53. The van der Waals surface area contributed by atoms with Crippen LogP contribution in [-0.2, 0) is 6.54 Å². The van der Waals surface area contributed by atoms with Crippen molar-refractivity contribution in [1.29, 1.82) is 0 Å². The lowest BCUT2D eigenvalue weighted by molar-refractivity contribution is 0.102. The van der Waals surface area contributed by atoms with Gasteiger partial charge in [-0.1, -0.05) is 18.2 Å². The molecule has 1 fully saturated rings. The van der Waals surface area contributed by atoms with E-state index >= 15 is 0 Å². The lowest BCUT2D eigenvalue weighted by atomic mass is 10.1. The molecule has 36 heavy (non-hydrogen) atoms. The molecule has 4 aromatic heterocycles. The Morgan fingerprint density at radius 3 is 2.58 bits per heavy atom. The zero-order valence-electron chi connectivity index (χ0n) is 19.9. The minimum Gasteiger partial charge on any atom is -0.322 e. The number of aryl methyl sites for hydroxylation is 2. The highest BCUT2D eigenvalue weighted by Crippen LogP contribution is 2.40. The SMILES string of the molecule is CCn1c(=O)[nH]c(=O)c2c(C(=O)Nc3ccc(-c4cn5cccc(C)c5n4)cc3)cc(C3CC3)nc21. The molecule has 1 aromatic carbocycles. The first-order valence-electron chi connectivity index (χ1n) is 12.0. The zero-order valence-corrected chi connectivity index (χ0v) is 19.9. The summed E-state index contributed by atoms with van der Waals surface area (Å²) in [6.07, 6.45) is 5.88. The topological polar surface area (TPSA) is 114 Å². The number of nitrogens with one attached hydrogen (secondary N) is 2. The third-order valence-corrected chi connectivity index (χ3v) is 6.64. The summed E-state index contributed by atoms with van der Waals surface area (Å²) in [6.45, 7) is 4.15. The van der Waals surface area contributed by atoms with Gasteiger partial charge in [-0.2, -0.15) is 0 Å². The van der Waals surface area contributed by atoms with E-state index in [-0.39, 0.29) is 22.5 Å². The standard InChI is InChI=1S/C27H24N6O3/c1-3-33-24-22(26(35)31-27(33)36)19(13-20(29-24)16-6-7-16)25(34)28-18-10-8-17(9-11-18)21-14-32-12-4-5-15(2)23(32)30-21/h4-5,8-14,16H,3,6-7H2,1-2H3,(H,28,34)(H,31,35,36). The van der Waals surface area contributed by atoms with E-state index in [1.807, 2.05) is 60.1 Å². The number of imidazole rings is 1. The predicted octanol–water partition coefficient (Wildman–Crippen LogP) is 3.86. The van der Waals surface area contributed by atoms with Gasteiger partial charge < -0.3 is 9.72 Å². The van der Waals surface area contributed by atoms with Crippen LogP contribution in [0.2, 0.25) is 0 Å². The Balaban J connectivity index is 1.35. The molecular weight excluding hydrogens is 456 g/mol. The fraction of sp³-hybridized carbons (Fsp3) is 0.222. The number of amides is 1. The summed E-state index contributed by atoms with van der Waals surface area (Å²) >= 11 is 0. The molecule has 0 bridgehead atoms. The quantitative estimate of drug-likeness (QED) is 0.397. The summed E-state index contributed by atoms with van der Waals surface area (Å²) < 4.78 is 3.38. The first kappa shape index (κ1) is 22.0. The van der Waals surface area contributed by atoms with Crippen LogP contribution in [0.4, 0.5) is 5.69 Å². The van der Waals surface area contributed by atoms with E-state index < -0.39 is 17.2 Å². The maximum Gasteiger partial charge on any atom is 0.329 e. The molecule has 0 radical (unpaired) electrons. The molecule has 4 heterocycles. The maximum absolute atomic E-state index is 13.4. The molecule has 9 nitrogen and oxygen atoms in total. The number of H-pyrrole nitrogens is 1. The highest BCUT2D eigenvalue weighted by atomic mass is 16.2. The summed E-state index contributed by atoms with van der Waals surface area (Å²) in [4.78, 5) is 50.1. The molecular formula is C27H24N6O3. The van der Waals surface area contributed by atoms with Crippen LogP contribution in [0.3, 0.4) is 0 Å². The van der Waals surface area contributed by atoms with Crippen molar-refractivity contribution in [3.05, 3.63) is 92.5 Å². The Morgan fingerprint density at radius 2 is 1.89 bits per heavy atom. The van der Waals surface area contributed by atoms with Crippen LogP contribution in [0, 0.1) is 6.92 Å². The lowest BCUT2D eigenvalue weighted by Gasteiger charge is -2.12. The van der Waals surface area contributed by atoms with Gasteiger partial charge in [0.1, 0.15) is 5.65 Å². The van der Waals surface area contributed by atoms with Gasteiger partial charge in [0.15, 0.2) is 5.65 Å². The van der Waals surface area contributed by atoms with Gasteiger partial charge in [0, 0.05) is 41.8 Å². The predicted molar refractivity (Wildman–Crippen MR) is 138 cm³/mol. The van der Waals surface area contributed by atoms with Crippen LogP contribution in [0.25, 0.3) is 27.9 Å². The number of pyridine rings is 2. The van der Waals surface area contributed by atoms with Gasteiger partial charge in [-0.25, -0.2) is 14.8 Å². The molecule has 0 aliphatic heterocycles. The fourth-order valence-corrected chi connectivity index (χ4v) is 4.57. The number of fused-ring (bicyclic) bond motifs is 2. The van der Waals surface area contributed by atoms with E-state index in [4.69, 9.17) is 4.98 Å². The summed E-state index contributed by atoms with van der Waals surface area (Å²) in [6, 6.07) is 13.1. The third-order valence-electron chi connectivity index (χ3n) is 6.64. The van der Waals surface area contributed by atoms with E-state index in [9.17, 15) is 14.4 Å². The second-order valence-corrected chi connectivity index (χ2v) is 9.15. The molecule has 0 spiro atoms. The number of aromatic amines is 1. The van der Waals surface area contributed by atoms with Crippen LogP contribution in [0.5, 0.6) is 0 Å². The smallest absolute Gasteiger partial charge is 0.322 e. The number of aromatic nitrogens is 5. The largest absolute Gasteiger partial charge is 0.329 e. The minimum atomic E-state index is -0.614. The van der Waals surface area contributed by atoms with Crippen LogP contribution in [-0.4, -0.2) is 29.8 Å². The maximum atomic E-state index is 13.4. The van der Waals surface area contributed by atoms with Crippen LogP contribution in [0.1, 0.15) is 47.3 Å². The van der Waals surface area contributed by atoms with E-state index in [1.54, 1.807) is 13.0 Å². The van der Waals surface area contributed by atoms with Crippen molar-refractivity contribution in [2.24, 2.45) is 0 Å². The van der Waals surface area contributed by atoms with Crippen molar-refractivity contribution < 1.29 is 4.79 Å². The number of benzene rings is 1. The van der Waals surface area contributed by atoms with E-state index in [2.05, 4.69) is 15.3 Å². The van der Waals surface area contributed by atoms with Crippen molar-refractivity contribution in [3.63, 3.8) is 0 Å². The van der Waals surface area contributed by atoms with E-state index in [0.717, 1.165) is 41.0 Å². The molecule has 0 unspecified atom stereocenters. The Bertz CT molecular complexity index is 1770. The second-order valence-electron chi connectivity index (χ2n) is 9.15. The highest BCUT2D eigenvalue weighted by Gasteiger charge is 2.28. The number of hydrogen-bond donors (Lipinski definition) is 2. The molecule has 5 aromatic rings. The van der Waals surface area contributed by atoms with Crippen molar-refractivity contribution >= 4 is 28.3 Å². The molecule has 0 atom stereocenters. The van der Waals surface area contributed by atoms with Gasteiger partial charge in [-0.3, -0.25) is 19.1 Å². The van der Waals surface area contributed by atoms with Gasteiger partial charge in [-0.15, -0.1) is 0 Å². The summed E-state index contributed by atoms with van der Waals surface area (Å²) in [7, 11) is 0. The highest BCUT2D eigenvalue weighted by molar-refractivity contribution is 6.12. The third kappa shape index (κ3) is 3.69. The van der Waals surface area contributed by atoms with Crippen LogP contribution in [0.15, 0.2) is 64.4 Å². The number of carbonyl (C=O) groups excluding carboxylic acids is 1. The summed E-state index contributed by atoms with van der Waals surface area (Å²) in [5.74, 6) is -0.179. The summed E-state index contributed by atoms with van der Waals surface area (Å²) in [5.41, 5.74) is 4.38. The zero-order chi connectivity index (χ0) is 25.0. The van der Waals surface area contributed by atoms with Crippen LogP contribution < -0.4 is 16.6 Å². The van der Waals surface area contributed by atoms with Gasteiger partial charge in [0.25, 0.3) is 11.5 Å². The summed E-state index contributed by atoms with van der Waals surface area (Å²) in [5, 5.41) is 3.02. The second kappa shape index (κ2) is 8.30. The molecule has 9 heteroatoms. The molecule has 1 aliphatic carbocycles. The van der Waals surface area contributed by atoms with Gasteiger partial charge in [0.05, 0.1) is 16.6 Å². The molecule has 0 saturated heterocycles. The van der Waals surface area contributed by atoms with Crippen LogP contribution >= 0.6 is 0 Å². The Morgan fingerprint density at radius 1 is 1.11 bits per heavy atom. The number of nitrogens with zero attached hydrogens (tertiary/aromatic N) is 4. The molecule has 1 amide bonds. The Labute approximate surface area is 205 Å². The van der Waals surface area contributed by atoms with Gasteiger partial charge in [-0.05, 0) is 56.5 Å². The number of rotatable bonds is 5. The van der Waals surface area contributed by atoms with Gasteiger partial charge >= 0.3 is 5.69 Å². The molecule has 2 N–H and O–H groups in total. The van der Waals surface area contributed by atoms with Crippen molar-refractivity contribution in [2.45, 2.75) is 39.2 Å². The first-order chi connectivity index (χ1) is 17.4. The molecule has 1 saturated carbocycles. The number of hydrogen-bond acceptors (Lipinski definition) is 5.